The molecule has 0 aliphatic heterocycles. The first-order valence-electron chi connectivity index (χ1n) is 6.84. The molecular formula is C17H20. The predicted molar refractivity (Wildman–Crippen MR) is 74.5 cm³/mol. The van der Waals surface area contributed by atoms with Crippen LogP contribution in [0.3, 0.4) is 0 Å². The van der Waals surface area contributed by atoms with E-state index in [0.717, 1.165) is 5.92 Å². The third kappa shape index (κ3) is 1.97. The van der Waals surface area contributed by atoms with Gasteiger partial charge in [0, 0.05) is 0 Å². The molecule has 3 rings (SSSR count). The van der Waals surface area contributed by atoms with E-state index in [1.807, 2.05) is 0 Å². The van der Waals surface area contributed by atoms with E-state index in [9.17, 15) is 0 Å². The summed E-state index contributed by atoms with van der Waals surface area (Å²) < 4.78 is 0. The van der Waals surface area contributed by atoms with Crippen molar-refractivity contribution in [3.05, 3.63) is 47.5 Å². The molecule has 1 saturated carbocycles. The van der Waals surface area contributed by atoms with E-state index in [4.69, 9.17) is 0 Å². The lowest BCUT2D eigenvalue weighted by atomic mass is 9.82. The first-order chi connectivity index (χ1) is 8.36. The van der Waals surface area contributed by atoms with Gasteiger partial charge in [-0.3, -0.25) is 0 Å². The summed E-state index contributed by atoms with van der Waals surface area (Å²) in [5.74, 6) is 0.800. The average Bonchev–Trinajstić information content (AvgIpc) is 2.40. The number of rotatable bonds is 1. The molecule has 0 N–H and O–H groups in total. The number of hydrogen-bond acceptors (Lipinski definition) is 0. The Labute approximate surface area is 104 Å². The molecule has 0 saturated heterocycles. The van der Waals surface area contributed by atoms with Crippen molar-refractivity contribution in [3.8, 4) is 0 Å². The quantitative estimate of drug-likeness (QED) is 0.625. The van der Waals surface area contributed by atoms with Crippen molar-refractivity contribution in [2.45, 2.75) is 44.9 Å². The molecule has 0 radical (unpaired) electrons. The highest BCUT2D eigenvalue weighted by Gasteiger charge is 2.17. The lowest BCUT2D eigenvalue weighted by molar-refractivity contribution is 0.445. The van der Waals surface area contributed by atoms with Crippen LogP contribution in [0.4, 0.5) is 0 Å². The molecule has 88 valence electrons. The van der Waals surface area contributed by atoms with Gasteiger partial charge in [0.25, 0.3) is 0 Å². The summed E-state index contributed by atoms with van der Waals surface area (Å²) in [5.41, 5.74) is 2.99. The fourth-order valence-electron chi connectivity index (χ4n) is 3.26. The fourth-order valence-corrected chi connectivity index (χ4v) is 3.26. The maximum Gasteiger partial charge on any atom is -0.0146 e. The molecule has 0 aromatic heterocycles. The van der Waals surface area contributed by atoms with Crippen LogP contribution in [-0.4, -0.2) is 0 Å². The summed E-state index contributed by atoms with van der Waals surface area (Å²) in [5, 5.41) is 2.93. The van der Waals surface area contributed by atoms with Crippen molar-refractivity contribution < 1.29 is 0 Å². The third-order valence-corrected chi connectivity index (χ3v) is 4.22. The summed E-state index contributed by atoms with van der Waals surface area (Å²) in [4.78, 5) is 0. The second kappa shape index (κ2) is 4.52. The molecule has 0 atom stereocenters. The zero-order valence-corrected chi connectivity index (χ0v) is 10.6. The van der Waals surface area contributed by atoms with E-state index < -0.39 is 0 Å². The predicted octanol–water partition coefficient (Wildman–Crippen LogP) is 5.20. The highest BCUT2D eigenvalue weighted by atomic mass is 14.2. The minimum Gasteiger partial charge on any atom is -0.0614 e. The molecule has 1 aliphatic rings. The van der Waals surface area contributed by atoms with Crippen LogP contribution >= 0.6 is 0 Å². The number of aryl methyl sites for hydroxylation is 1. The highest BCUT2D eigenvalue weighted by molar-refractivity contribution is 5.88. The van der Waals surface area contributed by atoms with Gasteiger partial charge in [0.2, 0.25) is 0 Å². The van der Waals surface area contributed by atoms with Crippen LogP contribution in [0.2, 0.25) is 0 Å². The molecule has 1 aliphatic carbocycles. The zero-order chi connectivity index (χ0) is 11.7. The van der Waals surface area contributed by atoms with Crippen LogP contribution in [0.15, 0.2) is 36.4 Å². The molecule has 0 unspecified atom stereocenters. The Balaban J connectivity index is 2.12. The molecule has 0 bridgehead atoms. The SMILES string of the molecule is Cc1cccc2c(C3CCCCC3)cccc12. The largest absolute Gasteiger partial charge is 0.0614 e. The van der Waals surface area contributed by atoms with E-state index in [1.54, 1.807) is 5.56 Å². The Morgan fingerprint density at radius 3 is 2.35 bits per heavy atom. The van der Waals surface area contributed by atoms with Gasteiger partial charge in [-0.05, 0) is 47.6 Å². The van der Waals surface area contributed by atoms with Crippen LogP contribution in [0, 0.1) is 6.92 Å². The second-order valence-corrected chi connectivity index (χ2v) is 5.35. The first-order valence-corrected chi connectivity index (χ1v) is 6.84. The number of benzene rings is 2. The van der Waals surface area contributed by atoms with Gasteiger partial charge in [-0.15, -0.1) is 0 Å². The third-order valence-electron chi connectivity index (χ3n) is 4.22. The Morgan fingerprint density at radius 2 is 1.53 bits per heavy atom. The summed E-state index contributed by atoms with van der Waals surface area (Å²) in [6.07, 6.45) is 7.01. The van der Waals surface area contributed by atoms with E-state index >= 15 is 0 Å². The lowest BCUT2D eigenvalue weighted by Crippen LogP contribution is -2.05. The number of hydrogen-bond donors (Lipinski definition) is 0. The van der Waals surface area contributed by atoms with Gasteiger partial charge < -0.3 is 0 Å². The molecule has 0 amide bonds. The van der Waals surface area contributed by atoms with Gasteiger partial charge in [0.15, 0.2) is 0 Å². The maximum absolute atomic E-state index is 2.34. The monoisotopic (exact) mass is 224 g/mol. The van der Waals surface area contributed by atoms with Crippen LogP contribution < -0.4 is 0 Å². The minimum absolute atomic E-state index is 0.800. The zero-order valence-electron chi connectivity index (χ0n) is 10.6. The van der Waals surface area contributed by atoms with E-state index in [2.05, 4.69) is 43.3 Å². The van der Waals surface area contributed by atoms with Crippen molar-refractivity contribution in [3.63, 3.8) is 0 Å². The van der Waals surface area contributed by atoms with E-state index in [0.29, 0.717) is 0 Å². The van der Waals surface area contributed by atoms with Gasteiger partial charge in [0.05, 0.1) is 0 Å². The summed E-state index contributed by atoms with van der Waals surface area (Å²) in [7, 11) is 0. The number of fused-ring (bicyclic) bond motifs is 1. The normalized spacial score (nSPS) is 17.5. The molecule has 17 heavy (non-hydrogen) atoms. The molecule has 2 aromatic rings. The summed E-state index contributed by atoms with van der Waals surface area (Å²) in [6, 6.07) is 13.6. The summed E-state index contributed by atoms with van der Waals surface area (Å²) in [6.45, 7) is 2.22. The molecule has 0 heterocycles. The van der Waals surface area contributed by atoms with Crippen molar-refractivity contribution in [1.29, 1.82) is 0 Å². The molecular weight excluding hydrogens is 204 g/mol. The molecule has 0 heteroatoms. The van der Waals surface area contributed by atoms with Crippen molar-refractivity contribution >= 4 is 10.8 Å². The van der Waals surface area contributed by atoms with E-state index in [-0.39, 0.29) is 0 Å². The topological polar surface area (TPSA) is 0 Å². The maximum atomic E-state index is 2.34. The summed E-state index contributed by atoms with van der Waals surface area (Å²) >= 11 is 0. The van der Waals surface area contributed by atoms with Gasteiger partial charge in [-0.1, -0.05) is 55.7 Å². The lowest BCUT2D eigenvalue weighted by Gasteiger charge is -2.23. The van der Waals surface area contributed by atoms with Crippen molar-refractivity contribution in [2.24, 2.45) is 0 Å². The van der Waals surface area contributed by atoms with Crippen LogP contribution in [0.25, 0.3) is 10.8 Å². The Bertz CT molecular complexity index is 519. The van der Waals surface area contributed by atoms with Crippen molar-refractivity contribution in [1.82, 2.24) is 0 Å². The Kier molecular flexibility index (Phi) is 2.88. The standard InChI is InChI=1S/C17H20/c1-13-7-5-12-17-15(13)10-6-11-16(17)14-8-3-2-4-9-14/h5-7,10-12,14H,2-4,8-9H2,1H3. The van der Waals surface area contributed by atoms with Gasteiger partial charge in [-0.2, -0.15) is 0 Å². The Hall–Kier alpha value is -1.30. The highest BCUT2D eigenvalue weighted by Crippen LogP contribution is 2.36. The van der Waals surface area contributed by atoms with Crippen molar-refractivity contribution in [2.75, 3.05) is 0 Å². The van der Waals surface area contributed by atoms with Gasteiger partial charge in [-0.25, -0.2) is 0 Å². The molecule has 1 fully saturated rings. The van der Waals surface area contributed by atoms with Crippen LogP contribution in [0.5, 0.6) is 0 Å². The molecule has 0 nitrogen and oxygen atoms in total. The van der Waals surface area contributed by atoms with Gasteiger partial charge in [0.1, 0.15) is 0 Å². The minimum atomic E-state index is 0.800. The molecule has 2 aromatic carbocycles. The average molecular weight is 224 g/mol. The Morgan fingerprint density at radius 1 is 0.824 bits per heavy atom. The fraction of sp³-hybridized carbons (Fsp3) is 0.412. The van der Waals surface area contributed by atoms with Crippen LogP contribution in [0.1, 0.15) is 49.1 Å². The first kappa shape index (κ1) is 10.8. The van der Waals surface area contributed by atoms with Gasteiger partial charge >= 0.3 is 0 Å². The van der Waals surface area contributed by atoms with Crippen LogP contribution in [-0.2, 0) is 0 Å². The van der Waals surface area contributed by atoms with E-state index in [1.165, 1.54) is 48.4 Å². The second-order valence-electron chi connectivity index (χ2n) is 5.35. The molecule has 0 spiro atoms. The smallest absolute Gasteiger partial charge is 0.0146 e.